The molecule has 0 saturated carbocycles. The van der Waals surface area contributed by atoms with Crippen LogP contribution in [0.15, 0.2) is 120 Å². The van der Waals surface area contributed by atoms with Crippen molar-refractivity contribution in [1.29, 1.82) is 10.5 Å². The van der Waals surface area contributed by atoms with E-state index in [2.05, 4.69) is 81.9 Å². The second-order valence-corrected chi connectivity index (χ2v) is 10.6. The summed E-state index contributed by atoms with van der Waals surface area (Å²) >= 11 is 0. The van der Waals surface area contributed by atoms with E-state index in [9.17, 15) is 10.5 Å². The fourth-order valence-corrected chi connectivity index (χ4v) is 6.65. The Bertz CT molecular complexity index is 2660. The lowest BCUT2D eigenvalue weighted by molar-refractivity contribution is 0.667. The first-order valence-corrected chi connectivity index (χ1v) is 13.9. The third-order valence-corrected chi connectivity index (χ3v) is 8.41. The minimum atomic E-state index is 0.440. The normalized spacial score (nSPS) is 11.7. The van der Waals surface area contributed by atoms with Gasteiger partial charge in [0.15, 0.2) is 11.2 Å². The Morgan fingerprint density at radius 2 is 1.07 bits per heavy atom. The molecule has 0 bridgehead atoms. The smallest absolute Gasteiger partial charge is 0.154 e. The largest absolute Gasteiger partial charge is 0.453 e. The van der Waals surface area contributed by atoms with Gasteiger partial charge in [-0.05, 0) is 42.5 Å². The fourth-order valence-electron chi connectivity index (χ4n) is 6.65. The molecule has 4 heterocycles. The van der Waals surface area contributed by atoms with E-state index in [1.807, 2.05) is 48.5 Å². The number of fused-ring (bicyclic) bond motifs is 9. The molecule has 5 aromatic carbocycles. The Hall–Kier alpha value is -6.37. The first kappa shape index (κ1) is 23.3. The Kier molecular flexibility index (Phi) is 4.65. The van der Waals surface area contributed by atoms with Gasteiger partial charge in [0.05, 0.1) is 27.6 Å². The van der Waals surface area contributed by atoms with Gasteiger partial charge < -0.3 is 4.42 Å². The van der Waals surface area contributed by atoms with E-state index >= 15 is 0 Å². The van der Waals surface area contributed by atoms with Gasteiger partial charge in [-0.25, -0.2) is 4.98 Å². The maximum absolute atomic E-state index is 10.5. The molecule has 0 aliphatic rings. The molecule has 0 saturated heterocycles. The number of hydrogen-bond donors (Lipinski definition) is 0. The zero-order valence-corrected chi connectivity index (χ0v) is 22.6. The minimum Gasteiger partial charge on any atom is -0.453 e. The Labute approximate surface area is 244 Å². The molecule has 6 heteroatoms. The van der Waals surface area contributed by atoms with Gasteiger partial charge in [0.2, 0.25) is 0 Å². The number of benzene rings is 5. The molecule has 6 nitrogen and oxygen atoms in total. The SMILES string of the molecule is N#Cc1cccc2c1oc1c(C#N)c3c4ccccc4n(-c4cccc(-n5c6ccccc6c6ccccc65)n4)c3cc12. The van der Waals surface area contributed by atoms with Gasteiger partial charge in [0, 0.05) is 32.3 Å². The van der Waals surface area contributed by atoms with Crippen LogP contribution < -0.4 is 0 Å². The van der Waals surface area contributed by atoms with E-state index in [1.54, 1.807) is 6.07 Å². The first-order valence-electron chi connectivity index (χ1n) is 13.9. The van der Waals surface area contributed by atoms with Crippen molar-refractivity contribution in [2.45, 2.75) is 0 Å². The van der Waals surface area contributed by atoms with Crippen molar-refractivity contribution in [2.24, 2.45) is 0 Å². The summed E-state index contributed by atoms with van der Waals surface area (Å²) < 4.78 is 10.6. The second kappa shape index (κ2) is 8.57. The van der Waals surface area contributed by atoms with E-state index in [4.69, 9.17) is 9.40 Å². The maximum atomic E-state index is 10.5. The van der Waals surface area contributed by atoms with Crippen molar-refractivity contribution in [1.82, 2.24) is 14.1 Å². The monoisotopic (exact) mass is 549 g/mol. The lowest BCUT2D eigenvalue weighted by Crippen LogP contribution is -2.03. The molecule has 198 valence electrons. The van der Waals surface area contributed by atoms with E-state index in [1.165, 1.54) is 10.8 Å². The lowest BCUT2D eigenvalue weighted by Gasteiger charge is -2.11. The summed E-state index contributed by atoms with van der Waals surface area (Å²) in [5.41, 5.74) is 5.83. The number of aromatic nitrogens is 3. The van der Waals surface area contributed by atoms with Crippen LogP contribution in [0.5, 0.6) is 0 Å². The van der Waals surface area contributed by atoms with Crippen molar-refractivity contribution < 1.29 is 4.42 Å². The van der Waals surface area contributed by atoms with Crippen LogP contribution >= 0.6 is 0 Å². The van der Waals surface area contributed by atoms with Crippen LogP contribution in [0.2, 0.25) is 0 Å². The molecule has 4 aromatic heterocycles. The summed E-state index contributed by atoms with van der Waals surface area (Å²) in [5, 5.41) is 25.9. The van der Waals surface area contributed by atoms with Gasteiger partial charge in [0.25, 0.3) is 0 Å². The van der Waals surface area contributed by atoms with Gasteiger partial charge in [-0.15, -0.1) is 0 Å². The molecule has 9 rings (SSSR count). The molecule has 0 amide bonds. The third-order valence-electron chi connectivity index (χ3n) is 8.41. The highest BCUT2D eigenvalue weighted by Crippen LogP contribution is 2.41. The average Bonchev–Trinajstić information content (AvgIpc) is 3.71. The molecule has 9 aromatic rings. The standard InChI is InChI=1S/C37H19N5O/c38-20-22-9-7-13-25-27-19-32-35(28(21-39)37(27)43-36(22)25)26-12-3-6-16-31(26)42(32)34-18-8-17-33(40-34)41-29-14-4-1-10-23(29)24-11-2-5-15-30(24)41/h1-19H. The van der Waals surface area contributed by atoms with Gasteiger partial charge in [0.1, 0.15) is 29.3 Å². The number of para-hydroxylation sites is 4. The van der Waals surface area contributed by atoms with Crippen LogP contribution in [0.1, 0.15) is 11.1 Å². The average molecular weight is 550 g/mol. The van der Waals surface area contributed by atoms with Gasteiger partial charge in [-0.1, -0.05) is 72.8 Å². The number of rotatable bonds is 2. The van der Waals surface area contributed by atoms with E-state index < -0.39 is 0 Å². The molecule has 0 atom stereocenters. The number of hydrogen-bond acceptors (Lipinski definition) is 4. The quantitative estimate of drug-likeness (QED) is 0.215. The molecule has 0 N–H and O–H groups in total. The summed E-state index contributed by atoms with van der Waals surface area (Å²) in [6, 6.07) is 43.1. The number of furan rings is 1. The molecule has 0 unspecified atom stereocenters. The molecule has 0 aliphatic heterocycles. The number of pyridine rings is 1. The number of nitriles is 2. The highest BCUT2D eigenvalue weighted by Gasteiger charge is 2.23. The van der Waals surface area contributed by atoms with E-state index in [-0.39, 0.29) is 0 Å². The van der Waals surface area contributed by atoms with Gasteiger partial charge >= 0.3 is 0 Å². The fraction of sp³-hybridized carbons (Fsp3) is 0. The zero-order chi connectivity index (χ0) is 28.7. The Morgan fingerprint density at radius 3 is 1.72 bits per heavy atom. The van der Waals surface area contributed by atoms with Crippen molar-refractivity contribution in [3.05, 3.63) is 126 Å². The minimum absolute atomic E-state index is 0.440. The molecule has 0 radical (unpaired) electrons. The van der Waals surface area contributed by atoms with Crippen molar-refractivity contribution in [3.63, 3.8) is 0 Å². The summed E-state index contributed by atoms with van der Waals surface area (Å²) in [7, 11) is 0. The van der Waals surface area contributed by atoms with E-state index in [0.29, 0.717) is 22.3 Å². The molecule has 43 heavy (non-hydrogen) atoms. The predicted octanol–water partition coefficient (Wildman–Crippen LogP) is 8.92. The van der Waals surface area contributed by atoms with Crippen LogP contribution in [0.25, 0.3) is 77.2 Å². The van der Waals surface area contributed by atoms with Crippen LogP contribution in [0, 0.1) is 22.7 Å². The van der Waals surface area contributed by atoms with Crippen molar-refractivity contribution in [2.75, 3.05) is 0 Å². The highest BCUT2D eigenvalue weighted by molar-refractivity contribution is 6.20. The Morgan fingerprint density at radius 1 is 0.512 bits per heavy atom. The zero-order valence-electron chi connectivity index (χ0n) is 22.6. The number of nitrogens with zero attached hydrogens (tertiary/aromatic N) is 5. The van der Waals surface area contributed by atoms with Crippen LogP contribution in [-0.4, -0.2) is 14.1 Å². The highest BCUT2D eigenvalue weighted by atomic mass is 16.3. The van der Waals surface area contributed by atoms with Crippen LogP contribution in [0.3, 0.4) is 0 Å². The maximum Gasteiger partial charge on any atom is 0.154 e. The third kappa shape index (κ3) is 3.07. The first-order chi connectivity index (χ1) is 21.3. The summed E-state index contributed by atoms with van der Waals surface area (Å²) in [6.07, 6.45) is 0. The van der Waals surface area contributed by atoms with Gasteiger partial charge in [-0.2, -0.15) is 10.5 Å². The lowest BCUT2D eigenvalue weighted by atomic mass is 10.0. The molecule has 0 spiro atoms. The molecular formula is C37H19N5O. The summed E-state index contributed by atoms with van der Waals surface area (Å²) in [5.74, 6) is 1.54. The van der Waals surface area contributed by atoms with E-state index in [0.717, 1.165) is 55.2 Å². The topological polar surface area (TPSA) is 83.5 Å². The van der Waals surface area contributed by atoms with Crippen molar-refractivity contribution >= 4 is 65.6 Å². The second-order valence-electron chi connectivity index (χ2n) is 10.6. The van der Waals surface area contributed by atoms with Gasteiger partial charge in [-0.3, -0.25) is 9.13 Å². The van der Waals surface area contributed by atoms with Crippen LogP contribution in [-0.2, 0) is 0 Å². The summed E-state index contributed by atoms with van der Waals surface area (Å²) in [4.78, 5) is 5.25. The Balaban J connectivity index is 1.40. The van der Waals surface area contributed by atoms with Crippen LogP contribution in [0.4, 0.5) is 0 Å². The molecule has 0 fully saturated rings. The molecule has 0 aliphatic carbocycles. The predicted molar refractivity (Wildman–Crippen MR) is 170 cm³/mol. The molecular weight excluding hydrogens is 530 g/mol. The summed E-state index contributed by atoms with van der Waals surface area (Å²) in [6.45, 7) is 0. The van der Waals surface area contributed by atoms with Crippen molar-refractivity contribution in [3.8, 4) is 23.8 Å².